The van der Waals surface area contributed by atoms with E-state index in [1.165, 1.54) is 4.90 Å². The van der Waals surface area contributed by atoms with E-state index >= 15 is 0 Å². The highest BCUT2D eigenvalue weighted by molar-refractivity contribution is 7.87. The van der Waals surface area contributed by atoms with Crippen molar-refractivity contribution in [2.75, 3.05) is 13.1 Å². The molecule has 1 aliphatic heterocycles. The number of aryl methyl sites for hydroxylation is 1. The second kappa shape index (κ2) is 5.05. The van der Waals surface area contributed by atoms with Crippen LogP contribution in [0.2, 0.25) is 0 Å². The molecule has 100 valence electrons. The fraction of sp³-hybridized carbons (Fsp3) is 0.600. The zero-order chi connectivity index (χ0) is 13.2. The molecule has 1 atom stereocenters. The minimum absolute atomic E-state index is 0.0401. The number of aromatic nitrogens is 2. The molecule has 1 unspecified atom stereocenters. The van der Waals surface area contributed by atoms with Crippen molar-refractivity contribution in [3.63, 3.8) is 0 Å². The van der Waals surface area contributed by atoms with Crippen LogP contribution >= 0.6 is 0 Å². The Morgan fingerprint density at radius 2 is 2.22 bits per heavy atom. The second-order valence-electron chi connectivity index (χ2n) is 4.30. The monoisotopic (exact) mass is 275 g/mol. The van der Waals surface area contributed by atoms with E-state index in [0.29, 0.717) is 19.5 Å². The van der Waals surface area contributed by atoms with Crippen LogP contribution in [0.3, 0.4) is 0 Å². The highest BCUT2D eigenvalue weighted by Crippen LogP contribution is 2.19. The van der Waals surface area contributed by atoms with Crippen molar-refractivity contribution in [1.82, 2.24) is 14.5 Å². The summed E-state index contributed by atoms with van der Waals surface area (Å²) in [6, 6.07) is 0. The van der Waals surface area contributed by atoms with E-state index in [2.05, 4.69) is 4.98 Å². The van der Waals surface area contributed by atoms with Crippen LogP contribution < -0.4 is 0 Å². The van der Waals surface area contributed by atoms with Crippen molar-refractivity contribution < 1.29 is 17.1 Å². The fourth-order valence-electron chi connectivity index (χ4n) is 2.00. The summed E-state index contributed by atoms with van der Waals surface area (Å²) in [5.74, 6) is -0.299. The van der Waals surface area contributed by atoms with Gasteiger partial charge in [-0.25, -0.2) is 4.98 Å². The number of nitrogens with zero attached hydrogens (tertiary/aromatic N) is 3. The van der Waals surface area contributed by atoms with E-state index in [1.54, 1.807) is 18.7 Å². The zero-order valence-corrected chi connectivity index (χ0v) is 10.5. The Kier molecular flexibility index (Phi) is 3.65. The normalized spacial score (nSPS) is 20.6. The number of rotatable bonds is 5. The van der Waals surface area contributed by atoms with Crippen LogP contribution in [0.15, 0.2) is 18.7 Å². The molecular formula is C10H14FN3O3S. The predicted octanol–water partition coefficient (Wildman–Crippen LogP) is 0.173. The van der Waals surface area contributed by atoms with Crippen LogP contribution in [0, 0.1) is 0 Å². The van der Waals surface area contributed by atoms with Crippen molar-refractivity contribution >= 4 is 16.1 Å². The molecule has 1 aromatic rings. The van der Waals surface area contributed by atoms with E-state index in [-0.39, 0.29) is 18.9 Å². The second-order valence-corrected chi connectivity index (χ2v) is 5.91. The Labute approximate surface area is 105 Å². The van der Waals surface area contributed by atoms with E-state index in [1.807, 2.05) is 4.57 Å². The highest BCUT2D eigenvalue weighted by atomic mass is 32.3. The van der Waals surface area contributed by atoms with Gasteiger partial charge in [-0.15, -0.1) is 3.89 Å². The van der Waals surface area contributed by atoms with Crippen molar-refractivity contribution in [1.29, 1.82) is 0 Å². The zero-order valence-electron chi connectivity index (χ0n) is 9.70. The van der Waals surface area contributed by atoms with Gasteiger partial charge in [0.15, 0.2) is 0 Å². The summed E-state index contributed by atoms with van der Waals surface area (Å²) < 4.78 is 36.1. The topological polar surface area (TPSA) is 72.3 Å². The standard InChI is InChI=1S/C10H14FN3O3S/c11-18(16,17)9-6-10(15)14(7-9)4-1-3-13-5-2-12-8-13/h2,5,8-9H,1,3-4,6-7H2. The molecule has 0 spiro atoms. The first-order valence-electron chi connectivity index (χ1n) is 5.64. The van der Waals surface area contributed by atoms with Crippen LogP contribution in [0.25, 0.3) is 0 Å². The Morgan fingerprint density at radius 3 is 2.78 bits per heavy atom. The maximum Gasteiger partial charge on any atom is 0.307 e. The van der Waals surface area contributed by atoms with Gasteiger partial charge in [-0.2, -0.15) is 8.42 Å². The molecule has 1 aromatic heterocycles. The number of hydrogen-bond acceptors (Lipinski definition) is 4. The molecule has 0 N–H and O–H groups in total. The Hall–Kier alpha value is -1.44. The van der Waals surface area contributed by atoms with Gasteiger partial charge in [0.1, 0.15) is 5.25 Å². The first-order chi connectivity index (χ1) is 8.47. The summed E-state index contributed by atoms with van der Waals surface area (Å²) in [6.07, 6.45) is 5.57. The average Bonchev–Trinajstić information content (AvgIpc) is 2.88. The first-order valence-corrected chi connectivity index (χ1v) is 7.08. The van der Waals surface area contributed by atoms with Crippen LogP contribution in [0.4, 0.5) is 3.89 Å². The summed E-state index contributed by atoms with van der Waals surface area (Å²) >= 11 is 0. The molecule has 0 radical (unpaired) electrons. The van der Waals surface area contributed by atoms with Crippen LogP contribution in [0.1, 0.15) is 12.8 Å². The van der Waals surface area contributed by atoms with E-state index in [9.17, 15) is 17.1 Å². The van der Waals surface area contributed by atoms with Gasteiger partial charge in [-0.1, -0.05) is 0 Å². The van der Waals surface area contributed by atoms with Crippen molar-refractivity contribution in [3.05, 3.63) is 18.7 Å². The number of amides is 1. The number of likely N-dealkylation sites (tertiary alicyclic amines) is 1. The summed E-state index contributed by atoms with van der Waals surface area (Å²) in [5, 5.41) is -1.20. The molecule has 0 saturated carbocycles. The largest absolute Gasteiger partial charge is 0.341 e. The van der Waals surface area contributed by atoms with E-state index < -0.39 is 15.5 Å². The number of carbonyl (C=O) groups excluding carboxylic acids is 1. The average molecular weight is 275 g/mol. The summed E-state index contributed by atoms with van der Waals surface area (Å²) in [6.45, 7) is 1.08. The van der Waals surface area contributed by atoms with Crippen molar-refractivity contribution in [3.8, 4) is 0 Å². The minimum atomic E-state index is -4.61. The minimum Gasteiger partial charge on any atom is -0.341 e. The molecule has 2 rings (SSSR count). The maximum absolute atomic E-state index is 12.8. The van der Waals surface area contributed by atoms with Gasteiger partial charge >= 0.3 is 10.2 Å². The molecule has 1 aliphatic rings. The number of carbonyl (C=O) groups is 1. The smallest absolute Gasteiger partial charge is 0.307 e. The SMILES string of the molecule is O=C1CC(S(=O)(=O)F)CN1CCCn1ccnc1. The molecule has 1 amide bonds. The Balaban J connectivity index is 1.82. The predicted molar refractivity (Wildman–Crippen MR) is 61.9 cm³/mol. The lowest BCUT2D eigenvalue weighted by Crippen LogP contribution is -2.28. The first kappa shape index (κ1) is 13.0. The lowest BCUT2D eigenvalue weighted by Gasteiger charge is -2.15. The van der Waals surface area contributed by atoms with E-state index in [0.717, 1.165) is 0 Å². The van der Waals surface area contributed by atoms with Gasteiger partial charge in [-0.3, -0.25) is 4.79 Å². The molecule has 18 heavy (non-hydrogen) atoms. The molecule has 0 aromatic carbocycles. The van der Waals surface area contributed by atoms with Gasteiger partial charge in [0, 0.05) is 38.4 Å². The quantitative estimate of drug-likeness (QED) is 0.718. The van der Waals surface area contributed by atoms with Crippen LogP contribution in [-0.2, 0) is 21.6 Å². The lowest BCUT2D eigenvalue weighted by atomic mass is 10.4. The Bertz CT molecular complexity index is 514. The summed E-state index contributed by atoms with van der Waals surface area (Å²) in [4.78, 5) is 16.8. The molecule has 0 bridgehead atoms. The third kappa shape index (κ3) is 3.06. The van der Waals surface area contributed by atoms with Gasteiger partial charge < -0.3 is 9.47 Å². The molecule has 8 heteroatoms. The van der Waals surface area contributed by atoms with Crippen molar-refractivity contribution in [2.24, 2.45) is 0 Å². The summed E-state index contributed by atoms with van der Waals surface area (Å²) in [5.41, 5.74) is 0. The van der Waals surface area contributed by atoms with Crippen LogP contribution in [-0.4, -0.2) is 47.1 Å². The van der Waals surface area contributed by atoms with Crippen LogP contribution in [0.5, 0.6) is 0 Å². The molecule has 2 heterocycles. The van der Waals surface area contributed by atoms with Crippen molar-refractivity contribution in [2.45, 2.75) is 24.6 Å². The lowest BCUT2D eigenvalue weighted by molar-refractivity contribution is -0.127. The van der Waals surface area contributed by atoms with Gasteiger partial charge in [0.25, 0.3) is 0 Å². The summed E-state index contributed by atoms with van der Waals surface area (Å²) in [7, 11) is -4.61. The van der Waals surface area contributed by atoms with Gasteiger partial charge in [0.2, 0.25) is 5.91 Å². The number of hydrogen-bond donors (Lipinski definition) is 0. The fourth-order valence-corrected chi connectivity index (χ4v) is 2.70. The van der Waals surface area contributed by atoms with Gasteiger partial charge in [-0.05, 0) is 6.42 Å². The Morgan fingerprint density at radius 1 is 1.44 bits per heavy atom. The molecule has 6 nitrogen and oxygen atoms in total. The maximum atomic E-state index is 12.8. The molecule has 0 aliphatic carbocycles. The third-order valence-corrected chi connectivity index (χ3v) is 4.09. The highest BCUT2D eigenvalue weighted by Gasteiger charge is 2.37. The molecule has 1 fully saturated rings. The molecule has 1 saturated heterocycles. The molecular weight excluding hydrogens is 261 g/mol. The van der Waals surface area contributed by atoms with Gasteiger partial charge in [0.05, 0.1) is 6.33 Å². The number of halogens is 1. The third-order valence-electron chi connectivity index (χ3n) is 2.98. The van der Waals surface area contributed by atoms with E-state index in [4.69, 9.17) is 0 Å². The number of imidazole rings is 1.